The van der Waals surface area contributed by atoms with E-state index in [1.807, 2.05) is 65.0 Å². The van der Waals surface area contributed by atoms with Gasteiger partial charge >= 0.3 is 5.97 Å². The summed E-state index contributed by atoms with van der Waals surface area (Å²) in [5.74, 6) is -3.45. The van der Waals surface area contributed by atoms with Gasteiger partial charge in [0.1, 0.15) is 17.7 Å². The third kappa shape index (κ3) is 7.28. The number of fused-ring (bicyclic) bond motifs is 1. The first kappa shape index (κ1) is 37.8. The Morgan fingerprint density at radius 1 is 1.19 bits per heavy atom. The minimum absolute atomic E-state index is 0.118. The van der Waals surface area contributed by atoms with Crippen LogP contribution in [0, 0.1) is 17.8 Å². The molecule has 3 aliphatic heterocycles. The number of ether oxygens (including phenoxy) is 2. The van der Waals surface area contributed by atoms with Crippen LogP contribution in [-0.4, -0.2) is 91.9 Å². The van der Waals surface area contributed by atoms with E-state index in [-0.39, 0.29) is 42.1 Å². The second-order valence-corrected chi connectivity index (χ2v) is 15.9. The van der Waals surface area contributed by atoms with Crippen molar-refractivity contribution in [1.29, 1.82) is 0 Å². The number of likely N-dealkylation sites (tertiary alicyclic amines) is 1. The monoisotopic (exact) mass is 729 g/mol. The van der Waals surface area contributed by atoms with Crippen LogP contribution in [0.4, 0.5) is 0 Å². The van der Waals surface area contributed by atoms with Crippen LogP contribution >= 0.6 is 15.9 Å². The Labute approximate surface area is 293 Å². The normalized spacial score (nSPS) is 28.1. The molecule has 3 fully saturated rings. The summed E-state index contributed by atoms with van der Waals surface area (Å²) in [5, 5.41) is 13.6. The summed E-state index contributed by atoms with van der Waals surface area (Å²) in [6.45, 7) is 19.0. The summed E-state index contributed by atoms with van der Waals surface area (Å²) in [5.41, 5.74) is -1.25. The number of carbonyl (C=O) groups is 4. The first-order valence-electron chi connectivity index (χ1n) is 17.0. The smallest absolute Gasteiger partial charge is 0.313 e. The van der Waals surface area contributed by atoms with Crippen molar-refractivity contribution < 1.29 is 33.8 Å². The molecular weight excluding hydrogens is 678 g/mol. The molecule has 0 aliphatic carbocycles. The van der Waals surface area contributed by atoms with Crippen molar-refractivity contribution >= 4 is 39.6 Å². The Morgan fingerprint density at radius 3 is 2.42 bits per heavy atom. The molecule has 1 spiro atoms. The first-order valence-corrected chi connectivity index (χ1v) is 17.9. The molecule has 48 heavy (non-hydrogen) atoms. The number of amides is 3. The highest BCUT2D eigenvalue weighted by atomic mass is 79.9. The zero-order valence-corrected chi connectivity index (χ0v) is 30.6. The molecule has 3 aliphatic rings. The first-order chi connectivity index (χ1) is 22.6. The number of aliphatic hydroxyl groups is 1. The van der Waals surface area contributed by atoms with E-state index in [4.69, 9.17) is 9.47 Å². The fourth-order valence-electron chi connectivity index (χ4n) is 7.74. The minimum Gasteiger partial charge on any atom is -0.455 e. The van der Waals surface area contributed by atoms with E-state index < -0.39 is 65.2 Å². The molecule has 0 aromatic heterocycles. The van der Waals surface area contributed by atoms with Crippen LogP contribution in [0.2, 0.25) is 0 Å². The molecule has 2 bridgehead atoms. The maximum atomic E-state index is 14.7. The van der Waals surface area contributed by atoms with Gasteiger partial charge in [-0.1, -0.05) is 72.3 Å². The standard InChI is InChI=1S/C37H52BrN3O7/c1-9-11-17-27(43)39-23(5)30(24-15-13-12-14-16-24)47-35(46)28-29-33(44)41(25(21-42)19-22(3)4)32(37(29)20-26(38)31(28)48-37)34(45)40(18-10-2)36(6,7)8/h9-10,12-16,22-23,25-26,28-32,42H,1-2,11,17-21H2,3-8H3,(H,39,43)/t23-,25+,26?,28-,29+,30-,31-,32-,37+/m0/s1. The van der Waals surface area contributed by atoms with Gasteiger partial charge in [0, 0.05) is 23.3 Å². The summed E-state index contributed by atoms with van der Waals surface area (Å²) in [4.78, 5) is 59.4. The fraction of sp³-hybridized carbons (Fsp3) is 0.622. The van der Waals surface area contributed by atoms with Crippen molar-refractivity contribution in [3.63, 3.8) is 0 Å². The number of halogens is 1. The van der Waals surface area contributed by atoms with E-state index in [2.05, 4.69) is 34.4 Å². The number of alkyl halides is 1. The van der Waals surface area contributed by atoms with Crippen molar-refractivity contribution in [3.8, 4) is 0 Å². The van der Waals surface area contributed by atoms with Crippen molar-refractivity contribution in [1.82, 2.24) is 15.1 Å². The predicted molar refractivity (Wildman–Crippen MR) is 187 cm³/mol. The Hall–Kier alpha value is -3.02. The topological polar surface area (TPSA) is 125 Å². The van der Waals surface area contributed by atoms with Crippen molar-refractivity contribution in [2.45, 2.75) is 114 Å². The molecule has 11 heteroatoms. The summed E-state index contributed by atoms with van der Waals surface area (Å²) in [7, 11) is 0. The number of aliphatic hydroxyl groups excluding tert-OH is 1. The summed E-state index contributed by atoms with van der Waals surface area (Å²) in [6.07, 6.45) is 3.29. The van der Waals surface area contributed by atoms with Gasteiger partial charge in [-0.2, -0.15) is 0 Å². The van der Waals surface area contributed by atoms with E-state index >= 15 is 0 Å². The molecule has 0 radical (unpaired) electrons. The van der Waals surface area contributed by atoms with Gasteiger partial charge in [0.25, 0.3) is 0 Å². The average molecular weight is 731 g/mol. The van der Waals surface area contributed by atoms with Gasteiger partial charge in [-0.15, -0.1) is 13.2 Å². The van der Waals surface area contributed by atoms with Crippen LogP contribution in [-0.2, 0) is 28.7 Å². The van der Waals surface area contributed by atoms with Crippen LogP contribution < -0.4 is 5.32 Å². The molecule has 0 saturated carbocycles. The Bertz CT molecular complexity index is 1360. The molecular formula is C37H52BrN3O7. The highest BCUT2D eigenvalue weighted by molar-refractivity contribution is 9.09. The summed E-state index contributed by atoms with van der Waals surface area (Å²) >= 11 is 3.73. The maximum Gasteiger partial charge on any atom is 0.313 e. The number of rotatable bonds is 15. The van der Waals surface area contributed by atoms with Gasteiger partial charge in [0.15, 0.2) is 0 Å². The van der Waals surface area contributed by atoms with E-state index in [0.717, 1.165) is 0 Å². The van der Waals surface area contributed by atoms with Crippen molar-refractivity contribution in [2.75, 3.05) is 13.2 Å². The number of hydrogen-bond acceptors (Lipinski definition) is 7. The molecule has 2 N–H and O–H groups in total. The minimum atomic E-state index is -1.32. The van der Waals surface area contributed by atoms with Crippen LogP contribution in [0.1, 0.15) is 78.9 Å². The highest BCUT2D eigenvalue weighted by Gasteiger charge is 2.77. The average Bonchev–Trinajstić information content (AvgIpc) is 3.62. The van der Waals surface area contributed by atoms with E-state index in [1.54, 1.807) is 24.0 Å². The van der Waals surface area contributed by atoms with Gasteiger partial charge in [0.2, 0.25) is 17.7 Å². The molecule has 9 atom stereocenters. The van der Waals surface area contributed by atoms with Gasteiger partial charge in [0.05, 0.1) is 36.6 Å². The second kappa shape index (κ2) is 15.3. The van der Waals surface area contributed by atoms with Crippen molar-refractivity contribution in [2.24, 2.45) is 17.8 Å². The Kier molecular flexibility index (Phi) is 12.0. The zero-order valence-electron chi connectivity index (χ0n) is 29.1. The van der Waals surface area contributed by atoms with E-state index in [0.29, 0.717) is 24.8 Å². The Morgan fingerprint density at radius 2 is 1.85 bits per heavy atom. The molecule has 3 heterocycles. The lowest BCUT2D eigenvalue weighted by Gasteiger charge is -2.43. The van der Waals surface area contributed by atoms with E-state index in [9.17, 15) is 24.3 Å². The lowest BCUT2D eigenvalue weighted by atomic mass is 9.70. The molecule has 264 valence electrons. The lowest BCUT2D eigenvalue weighted by molar-refractivity contribution is -0.163. The quantitative estimate of drug-likeness (QED) is 0.152. The molecule has 1 unspecified atom stereocenters. The van der Waals surface area contributed by atoms with Gasteiger partial charge in [-0.3, -0.25) is 19.2 Å². The molecule has 4 rings (SSSR count). The number of nitrogens with one attached hydrogen (secondary N) is 1. The van der Waals surface area contributed by atoms with Gasteiger partial charge in [-0.25, -0.2) is 0 Å². The maximum absolute atomic E-state index is 14.7. The van der Waals surface area contributed by atoms with Crippen LogP contribution in [0.5, 0.6) is 0 Å². The number of hydrogen-bond donors (Lipinski definition) is 2. The van der Waals surface area contributed by atoms with Crippen LogP contribution in [0.3, 0.4) is 0 Å². The largest absolute Gasteiger partial charge is 0.455 e. The van der Waals surface area contributed by atoms with E-state index in [1.165, 1.54) is 4.90 Å². The zero-order chi connectivity index (χ0) is 35.6. The fourth-order valence-corrected chi connectivity index (χ4v) is 8.68. The number of nitrogens with zero attached hydrogens (tertiary/aromatic N) is 2. The molecule has 10 nitrogen and oxygen atoms in total. The third-order valence-corrected chi connectivity index (χ3v) is 10.6. The lowest BCUT2D eigenvalue weighted by Crippen LogP contribution is -2.62. The molecule has 1 aromatic carbocycles. The van der Waals surface area contributed by atoms with Gasteiger partial charge < -0.3 is 29.7 Å². The third-order valence-electron chi connectivity index (χ3n) is 9.76. The molecule has 3 saturated heterocycles. The van der Waals surface area contributed by atoms with Crippen LogP contribution in [0.15, 0.2) is 55.6 Å². The van der Waals surface area contributed by atoms with Crippen molar-refractivity contribution in [3.05, 3.63) is 61.2 Å². The molecule has 1 aromatic rings. The summed E-state index contributed by atoms with van der Waals surface area (Å²) in [6, 6.07) is 6.84. The number of benzene rings is 1. The van der Waals surface area contributed by atoms with Gasteiger partial charge in [-0.05, 0) is 58.4 Å². The highest BCUT2D eigenvalue weighted by Crippen LogP contribution is 2.61. The number of esters is 1. The number of allylic oxidation sites excluding steroid dienone is 1. The summed E-state index contributed by atoms with van der Waals surface area (Å²) < 4.78 is 13.0. The SMILES string of the molecule is C=CCCC(=O)N[C@@H](C)[C@H](OC(=O)[C@@H]1[C@H]2O[C@@]3(CC2Br)[C@H](C(=O)N(CC=C)C(C)(C)C)N([C@@H](CO)CC(C)C)C(=O)[C@@H]13)c1ccccc1. The van der Waals surface area contributed by atoms with Crippen LogP contribution in [0.25, 0.3) is 0 Å². The second-order valence-electron chi connectivity index (χ2n) is 14.7. The predicted octanol–water partition coefficient (Wildman–Crippen LogP) is 4.71. The Balaban J connectivity index is 1.76. The molecule has 3 amide bonds. The number of carbonyl (C=O) groups excluding carboxylic acids is 4.